The van der Waals surface area contributed by atoms with Gasteiger partial charge >= 0.3 is 0 Å². The van der Waals surface area contributed by atoms with Crippen molar-refractivity contribution in [2.24, 2.45) is 0 Å². The zero-order valence-electron chi connectivity index (χ0n) is 14.8. The Morgan fingerprint density at radius 2 is 1.65 bits per heavy atom. The average Bonchev–Trinajstić information content (AvgIpc) is 2.57. The average molecular weight is 484 g/mol. The number of hydrogen-bond acceptors (Lipinski definition) is 3. The van der Waals surface area contributed by atoms with Crippen LogP contribution in [0.1, 0.15) is 24.5 Å². The fraction of sp³-hybridized carbons (Fsp3) is 0.263. The first-order valence-corrected chi connectivity index (χ1v) is 9.68. The van der Waals surface area contributed by atoms with Crippen LogP contribution < -0.4 is 15.4 Å². The van der Waals surface area contributed by atoms with E-state index in [9.17, 15) is 9.59 Å². The molecule has 0 saturated carbocycles. The number of carbonyl (C=O) groups excluding carboxylic acids is 2. The van der Waals surface area contributed by atoms with E-state index in [-0.39, 0.29) is 18.4 Å². The topological polar surface area (TPSA) is 67.4 Å². The Morgan fingerprint density at radius 1 is 1.04 bits per heavy atom. The molecule has 0 unspecified atom stereocenters. The molecule has 0 bridgehead atoms. The van der Waals surface area contributed by atoms with Gasteiger partial charge in [0.1, 0.15) is 5.75 Å². The molecule has 2 rings (SSSR count). The SMILES string of the molecule is CCC(=O)Nc1cccc(NC(=O)COc2c(C)cc(Br)cc2Br)c1C. The molecule has 2 amide bonds. The Labute approximate surface area is 169 Å². The zero-order valence-corrected chi connectivity index (χ0v) is 18.0. The molecule has 2 N–H and O–H groups in total. The number of halogens is 2. The van der Waals surface area contributed by atoms with Crippen molar-refractivity contribution in [1.29, 1.82) is 0 Å². The highest BCUT2D eigenvalue weighted by atomic mass is 79.9. The predicted octanol–water partition coefficient (Wildman–Crippen LogP) is 5.19. The molecule has 7 heteroatoms. The summed E-state index contributed by atoms with van der Waals surface area (Å²) in [5.41, 5.74) is 3.03. The second kappa shape index (κ2) is 9.19. The van der Waals surface area contributed by atoms with Crippen molar-refractivity contribution in [2.45, 2.75) is 27.2 Å². The van der Waals surface area contributed by atoms with Crippen LogP contribution in [0.25, 0.3) is 0 Å². The van der Waals surface area contributed by atoms with E-state index in [1.54, 1.807) is 25.1 Å². The second-order valence-corrected chi connectivity index (χ2v) is 7.52. The molecule has 0 heterocycles. The van der Waals surface area contributed by atoms with Crippen molar-refractivity contribution in [2.75, 3.05) is 17.2 Å². The van der Waals surface area contributed by atoms with Crippen LogP contribution in [0.2, 0.25) is 0 Å². The van der Waals surface area contributed by atoms with Crippen LogP contribution in [0, 0.1) is 13.8 Å². The Hall–Kier alpha value is -1.86. The molecule has 0 aliphatic carbocycles. The Bertz CT molecular complexity index is 815. The number of hydrogen-bond donors (Lipinski definition) is 2. The smallest absolute Gasteiger partial charge is 0.262 e. The van der Waals surface area contributed by atoms with Crippen molar-refractivity contribution in [3.05, 3.63) is 50.4 Å². The van der Waals surface area contributed by atoms with Gasteiger partial charge in [-0.25, -0.2) is 0 Å². The molecule has 0 fully saturated rings. The first-order chi connectivity index (χ1) is 12.3. The summed E-state index contributed by atoms with van der Waals surface area (Å²) in [7, 11) is 0. The minimum Gasteiger partial charge on any atom is -0.482 e. The Morgan fingerprint density at radius 3 is 2.23 bits per heavy atom. The third-order valence-electron chi connectivity index (χ3n) is 3.74. The lowest BCUT2D eigenvalue weighted by molar-refractivity contribution is -0.118. The third kappa shape index (κ3) is 5.32. The monoisotopic (exact) mass is 482 g/mol. The summed E-state index contributed by atoms with van der Waals surface area (Å²) in [6, 6.07) is 9.16. The van der Waals surface area contributed by atoms with Crippen molar-refractivity contribution < 1.29 is 14.3 Å². The van der Waals surface area contributed by atoms with Crippen molar-refractivity contribution in [3.63, 3.8) is 0 Å². The van der Waals surface area contributed by atoms with Gasteiger partial charge in [-0.1, -0.05) is 28.9 Å². The van der Waals surface area contributed by atoms with Gasteiger partial charge in [-0.15, -0.1) is 0 Å². The van der Waals surface area contributed by atoms with Gasteiger partial charge in [-0.2, -0.15) is 0 Å². The molecular weight excluding hydrogens is 464 g/mol. The molecule has 0 spiro atoms. The largest absolute Gasteiger partial charge is 0.482 e. The number of ether oxygens (including phenoxy) is 1. The van der Waals surface area contributed by atoms with Gasteiger partial charge in [0.05, 0.1) is 4.47 Å². The molecule has 0 aliphatic heterocycles. The van der Waals surface area contributed by atoms with Crippen LogP contribution in [0.4, 0.5) is 11.4 Å². The normalized spacial score (nSPS) is 10.3. The van der Waals surface area contributed by atoms with Gasteiger partial charge in [0.15, 0.2) is 6.61 Å². The molecule has 26 heavy (non-hydrogen) atoms. The highest BCUT2D eigenvalue weighted by molar-refractivity contribution is 9.11. The van der Waals surface area contributed by atoms with Crippen molar-refractivity contribution in [1.82, 2.24) is 0 Å². The van der Waals surface area contributed by atoms with Crippen LogP contribution in [0.15, 0.2) is 39.3 Å². The van der Waals surface area contributed by atoms with Crippen LogP contribution >= 0.6 is 31.9 Å². The summed E-state index contributed by atoms with van der Waals surface area (Å²) < 4.78 is 7.37. The Kier molecular flexibility index (Phi) is 7.23. The third-order valence-corrected chi connectivity index (χ3v) is 4.79. The fourth-order valence-electron chi connectivity index (χ4n) is 2.34. The van der Waals surface area contributed by atoms with Gasteiger partial charge in [0.25, 0.3) is 5.91 Å². The summed E-state index contributed by atoms with van der Waals surface area (Å²) >= 11 is 6.85. The number of benzene rings is 2. The molecule has 2 aromatic carbocycles. The van der Waals surface area contributed by atoms with Crippen molar-refractivity contribution in [3.8, 4) is 5.75 Å². The van der Waals surface area contributed by atoms with E-state index in [2.05, 4.69) is 42.5 Å². The maximum absolute atomic E-state index is 12.3. The van der Waals surface area contributed by atoms with Gasteiger partial charge < -0.3 is 15.4 Å². The van der Waals surface area contributed by atoms with E-state index in [0.717, 1.165) is 20.1 Å². The zero-order chi connectivity index (χ0) is 19.3. The highest BCUT2D eigenvalue weighted by Crippen LogP contribution is 2.32. The summed E-state index contributed by atoms with van der Waals surface area (Å²) in [5.74, 6) is 0.279. The maximum Gasteiger partial charge on any atom is 0.262 e. The minimum absolute atomic E-state index is 0.0736. The Balaban J connectivity index is 2.05. The van der Waals surface area contributed by atoms with E-state index in [1.807, 2.05) is 26.0 Å². The lowest BCUT2D eigenvalue weighted by Gasteiger charge is -2.14. The first-order valence-electron chi connectivity index (χ1n) is 8.09. The maximum atomic E-state index is 12.3. The van der Waals surface area contributed by atoms with Crippen LogP contribution in [-0.2, 0) is 9.59 Å². The lowest BCUT2D eigenvalue weighted by Crippen LogP contribution is -2.21. The van der Waals surface area contributed by atoms with Crippen molar-refractivity contribution >= 4 is 55.0 Å². The van der Waals surface area contributed by atoms with Crippen LogP contribution in [-0.4, -0.2) is 18.4 Å². The van der Waals surface area contributed by atoms with E-state index >= 15 is 0 Å². The summed E-state index contributed by atoms with van der Waals surface area (Å²) in [6.45, 7) is 5.42. The number of rotatable bonds is 6. The predicted molar refractivity (Wildman–Crippen MR) is 111 cm³/mol. The van der Waals surface area contributed by atoms with Gasteiger partial charge in [0, 0.05) is 22.3 Å². The molecule has 0 radical (unpaired) electrons. The minimum atomic E-state index is -0.277. The molecule has 0 saturated heterocycles. The van der Waals surface area contributed by atoms with E-state index in [0.29, 0.717) is 23.5 Å². The number of amides is 2. The standard InChI is InChI=1S/C19H20Br2N2O3/c1-4-17(24)22-15-6-5-7-16(12(15)3)23-18(25)10-26-19-11(2)8-13(20)9-14(19)21/h5-9H,4,10H2,1-3H3,(H,22,24)(H,23,25). The summed E-state index contributed by atoms with van der Waals surface area (Å²) in [6.07, 6.45) is 0.394. The molecule has 138 valence electrons. The van der Waals surface area contributed by atoms with E-state index in [1.165, 1.54) is 0 Å². The van der Waals surface area contributed by atoms with Gasteiger partial charge in [-0.3, -0.25) is 9.59 Å². The highest BCUT2D eigenvalue weighted by Gasteiger charge is 2.12. The van der Waals surface area contributed by atoms with E-state index in [4.69, 9.17) is 4.74 Å². The van der Waals surface area contributed by atoms with E-state index < -0.39 is 0 Å². The quantitative estimate of drug-likeness (QED) is 0.593. The number of nitrogens with one attached hydrogen (secondary N) is 2. The molecule has 5 nitrogen and oxygen atoms in total. The molecule has 0 atom stereocenters. The van der Waals surface area contributed by atoms with Crippen LogP contribution in [0.3, 0.4) is 0 Å². The second-order valence-electron chi connectivity index (χ2n) is 5.75. The summed E-state index contributed by atoms with van der Waals surface area (Å²) in [4.78, 5) is 23.9. The van der Waals surface area contributed by atoms with Gasteiger partial charge in [0.2, 0.25) is 5.91 Å². The molecule has 2 aromatic rings. The first kappa shape index (κ1) is 20.5. The molecule has 0 aliphatic rings. The van der Waals surface area contributed by atoms with Gasteiger partial charge in [-0.05, 0) is 65.2 Å². The molecular formula is C19H20Br2N2O3. The molecule has 0 aromatic heterocycles. The van der Waals surface area contributed by atoms with Crippen LogP contribution in [0.5, 0.6) is 5.75 Å². The number of carbonyl (C=O) groups is 2. The summed E-state index contributed by atoms with van der Waals surface area (Å²) in [5, 5.41) is 5.64. The number of aryl methyl sites for hydroxylation is 1. The lowest BCUT2D eigenvalue weighted by atomic mass is 10.1. The fourth-order valence-corrected chi connectivity index (χ4v) is 3.89. The number of anilines is 2.